The summed E-state index contributed by atoms with van der Waals surface area (Å²) in [6, 6.07) is 50.3. The lowest BCUT2D eigenvalue weighted by molar-refractivity contribution is 0.959. The molecule has 0 N–H and O–H groups in total. The van der Waals surface area contributed by atoms with E-state index in [9.17, 15) is 0 Å². The molecule has 0 saturated heterocycles. The lowest BCUT2D eigenvalue weighted by Gasteiger charge is -2.18. The molecule has 0 aliphatic carbocycles. The fraction of sp³-hybridized carbons (Fsp3) is 0.0263. The number of rotatable bonds is 3. The highest BCUT2D eigenvalue weighted by Crippen LogP contribution is 2.44. The Morgan fingerprint density at radius 1 is 0.450 bits per heavy atom. The Morgan fingerprint density at radius 3 is 1.60 bits per heavy atom. The van der Waals surface area contributed by atoms with Crippen LogP contribution in [0.15, 0.2) is 140 Å². The van der Waals surface area contributed by atoms with Crippen LogP contribution in [0.4, 0.5) is 0 Å². The van der Waals surface area contributed by atoms with Gasteiger partial charge in [-0.25, -0.2) is 4.98 Å². The molecule has 0 fully saturated rings. The van der Waals surface area contributed by atoms with Gasteiger partial charge in [-0.15, -0.1) is 0 Å². The van der Waals surface area contributed by atoms with Crippen molar-refractivity contribution in [1.82, 2.24) is 9.55 Å². The van der Waals surface area contributed by atoms with Gasteiger partial charge in [-0.3, -0.25) is 0 Å². The molecule has 0 atom stereocenters. The molecule has 2 nitrogen and oxygen atoms in total. The van der Waals surface area contributed by atoms with Gasteiger partial charge in [0.15, 0.2) is 0 Å². The normalized spacial score (nSPS) is 11.6. The minimum absolute atomic E-state index is 0.981. The van der Waals surface area contributed by atoms with Crippen molar-refractivity contribution in [2.75, 3.05) is 0 Å². The molecule has 0 aliphatic heterocycles. The van der Waals surface area contributed by atoms with Crippen molar-refractivity contribution in [2.24, 2.45) is 7.05 Å². The largest absolute Gasteiger partial charge is 0.327 e. The fourth-order valence-corrected chi connectivity index (χ4v) is 6.28. The molecule has 2 heteroatoms. The van der Waals surface area contributed by atoms with Crippen LogP contribution >= 0.6 is 0 Å². The molecule has 0 aliphatic rings. The van der Waals surface area contributed by atoms with Crippen molar-refractivity contribution >= 4 is 43.4 Å². The van der Waals surface area contributed by atoms with Crippen LogP contribution in [0.2, 0.25) is 0 Å². The fourth-order valence-electron chi connectivity index (χ4n) is 6.28. The molecule has 0 spiro atoms. The molecule has 0 radical (unpaired) electrons. The molecule has 8 aromatic rings. The number of fused-ring (bicyclic) bond motifs is 4. The maximum atomic E-state index is 4.91. The van der Waals surface area contributed by atoms with Crippen LogP contribution in [-0.4, -0.2) is 9.55 Å². The van der Waals surface area contributed by atoms with Crippen LogP contribution < -0.4 is 0 Å². The lowest BCUT2D eigenvalue weighted by atomic mass is 9.85. The standard InChI is InChI=1S/C38H26N2/c1-40-35-17-9-8-16-34(35)39-38(40)27-21-19-26(20-22-27)36-30-12-4-6-14-32(30)37(33-15-7-5-13-31(33)36)29-23-18-25-10-2-3-11-28(25)24-29/h2-24H,1H3. The van der Waals surface area contributed by atoms with Crippen molar-refractivity contribution in [3.8, 4) is 33.6 Å². The molecule has 188 valence electrons. The zero-order valence-corrected chi connectivity index (χ0v) is 22.2. The number of hydrogen-bond acceptors (Lipinski definition) is 1. The lowest BCUT2D eigenvalue weighted by Crippen LogP contribution is -1.93. The van der Waals surface area contributed by atoms with E-state index in [1.807, 2.05) is 6.07 Å². The van der Waals surface area contributed by atoms with Gasteiger partial charge in [0.25, 0.3) is 0 Å². The van der Waals surface area contributed by atoms with Crippen molar-refractivity contribution in [1.29, 1.82) is 0 Å². The molecule has 0 bridgehead atoms. The third-order valence-electron chi connectivity index (χ3n) is 8.19. The molecular weight excluding hydrogens is 484 g/mol. The first-order valence-corrected chi connectivity index (χ1v) is 13.7. The second kappa shape index (κ2) is 8.93. The quantitative estimate of drug-likeness (QED) is 0.216. The Kier molecular flexibility index (Phi) is 5.08. The van der Waals surface area contributed by atoms with Gasteiger partial charge in [0.05, 0.1) is 11.0 Å². The van der Waals surface area contributed by atoms with E-state index in [2.05, 4.69) is 145 Å². The van der Waals surface area contributed by atoms with Crippen molar-refractivity contribution in [2.45, 2.75) is 0 Å². The number of aromatic nitrogens is 2. The highest BCUT2D eigenvalue weighted by Gasteiger charge is 2.17. The first kappa shape index (κ1) is 22.7. The second-order valence-electron chi connectivity index (χ2n) is 10.5. The minimum Gasteiger partial charge on any atom is -0.327 e. The second-order valence-corrected chi connectivity index (χ2v) is 10.5. The molecular formula is C38H26N2. The van der Waals surface area contributed by atoms with Gasteiger partial charge >= 0.3 is 0 Å². The molecule has 8 rings (SSSR count). The minimum atomic E-state index is 0.981. The van der Waals surface area contributed by atoms with E-state index in [4.69, 9.17) is 4.98 Å². The Balaban J connectivity index is 1.35. The maximum Gasteiger partial charge on any atom is 0.140 e. The van der Waals surface area contributed by atoms with Crippen molar-refractivity contribution in [3.63, 3.8) is 0 Å². The van der Waals surface area contributed by atoms with Gasteiger partial charge in [-0.2, -0.15) is 0 Å². The van der Waals surface area contributed by atoms with Gasteiger partial charge in [-0.1, -0.05) is 121 Å². The Morgan fingerprint density at radius 2 is 0.950 bits per heavy atom. The molecule has 1 aromatic heterocycles. The summed E-state index contributed by atoms with van der Waals surface area (Å²) in [4.78, 5) is 4.91. The summed E-state index contributed by atoms with van der Waals surface area (Å²) in [5, 5.41) is 7.59. The van der Waals surface area contributed by atoms with Crippen LogP contribution in [0.25, 0.3) is 77.0 Å². The summed E-state index contributed by atoms with van der Waals surface area (Å²) in [7, 11) is 2.09. The van der Waals surface area contributed by atoms with Crippen LogP contribution in [0.3, 0.4) is 0 Å². The van der Waals surface area contributed by atoms with E-state index in [0.717, 1.165) is 22.4 Å². The highest BCUT2D eigenvalue weighted by atomic mass is 15.1. The third-order valence-corrected chi connectivity index (χ3v) is 8.19. The smallest absolute Gasteiger partial charge is 0.140 e. The van der Waals surface area contributed by atoms with E-state index in [1.165, 1.54) is 54.6 Å². The number of para-hydroxylation sites is 2. The Labute approximate surface area is 232 Å². The van der Waals surface area contributed by atoms with E-state index in [-0.39, 0.29) is 0 Å². The topological polar surface area (TPSA) is 17.8 Å². The molecule has 0 saturated carbocycles. The summed E-state index contributed by atoms with van der Waals surface area (Å²) in [6.07, 6.45) is 0. The van der Waals surface area contributed by atoms with Crippen LogP contribution in [0.5, 0.6) is 0 Å². The van der Waals surface area contributed by atoms with Crippen LogP contribution in [-0.2, 0) is 7.05 Å². The number of nitrogens with zero attached hydrogens (tertiary/aromatic N) is 2. The van der Waals surface area contributed by atoms with Gasteiger partial charge in [0.1, 0.15) is 5.82 Å². The SMILES string of the molecule is Cn1c(-c2ccc(-c3c4ccccc4c(-c4ccc5ccccc5c4)c4ccccc34)cc2)nc2ccccc21. The van der Waals surface area contributed by atoms with E-state index >= 15 is 0 Å². The Bertz CT molecular complexity index is 2160. The summed E-state index contributed by atoms with van der Waals surface area (Å²) in [5.74, 6) is 0.981. The highest BCUT2D eigenvalue weighted by molar-refractivity contribution is 6.21. The van der Waals surface area contributed by atoms with Crippen molar-refractivity contribution in [3.05, 3.63) is 140 Å². The monoisotopic (exact) mass is 510 g/mol. The summed E-state index contributed by atoms with van der Waals surface area (Å²) in [6.45, 7) is 0. The predicted octanol–water partition coefficient (Wildman–Crippen LogP) is 10.0. The molecule has 0 amide bonds. The van der Waals surface area contributed by atoms with E-state index in [1.54, 1.807) is 0 Å². The van der Waals surface area contributed by atoms with Gasteiger partial charge < -0.3 is 4.57 Å². The van der Waals surface area contributed by atoms with E-state index in [0.29, 0.717) is 0 Å². The number of benzene rings is 7. The zero-order valence-electron chi connectivity index (χ0n) is 22.2. The first-order valence-electron chi connectivity index (χ1n) is 13.7. The van der Waals surface area contributed by atoms with Crippen molar-refractivity contribution < 1.29 is 0 Å². The summed E-state index contributed by atoms with van der Waals surface area (Å²) >= 11 is 0. The summed E-state index contributed by atoms with van der Waals surface area (Å²) in [5.41, 5.74) is 8.29. The Hall–Kier alpha value is -5.21. The molecule has 40 heavy (non-hydrogen) atoms. The predicted molar refractivity (Wildman–Crippen MR) is 170 cm³/mol. The molecule has 0 unspecified atom stereocenters. The number of hydrogen-bond donors (Lipinski definition) is 0. The maximum absolute atomic E-state index is 4.91. The molecule has 1 heterocycles. The average molecular weight is 511 g/mol. The van der Waals surface area contributed by atoms with Gasteiger partial charge in [-0.05, 0) is 72.8 Å². The van der Waals surface area contributed by atoms with Gasteiger partial charge in [0, 0.05) is 12.6 Å². The third kappa shape index (κ3) is 3.47. The van der Waals surface area contributed by atoms with E-state index < -0.39 is 0 Å². The van der Waals surface area contributed by atoms with Gasteiger partial charge in [0.2, 0.25) is 0 Å². The first-order chi connectivity index (χ1) is 19.8. The van der Waals surface area contributed by atoms with Crippen LogP contribution in [0.1, 0.15) is 0 Å². The van der Waals surface area contributed by atoms with Crippen LogP contribution in [0, 0.1) is 0 Å². The summed E-state index contributed by atoms with van der Waals surface area (Å²) < 4.78 is 2.17. The number of aryl methyl sites for hydroxylation is 1. The zero-order chi connectivity index (χ0) is 26.6. The number of imidazole rings is 1. The average Bonchev–Trinajstić information content (AvgIpc) is 3.36. The molecule has 7 aromatic carbocycles.